The quantitative estimate of drug-likeness (QED) is 0.733. The van der Waals surface area contributed by atoms with Gasteiger partial charge in [0.1, 0.15) is 5.69 Å². The summed E-state index contributed by atoms with van der Waals surface area (Å²) in [4.78, 5) is 14.2. The fourth-order valence-corrected chi connectivity index (χ4v) is 1.28. The van der Waals surface area contributed by atoms with E-state index < -0.39 is 0 Å². The van der Waals surface area contributed by atoms with Crippen LogP contribution in [0.1, 0.15) is 23.8 Å². The molecule has 0 unspecified atom stereocenters. The standard InChI is InChI=1S/C10H15ClN2O2/c1-2-15-5-3-4-12-10(14)9-6-8(11)7-13-9/h6-7,13H,2-5H2,1H3,(H,12,14). The van der Waals surface area contributed by atoms with Crippen molar-refractivity contribution in [3.05, 3.63) is 23.0 Å². The van der Waals surface area contributed by atoms with Gasteiger partial charge >= 0.3 is 0 Å². The third-order valence-corrected chi connectivity index (χ3v) is 2.07. The van der Waals surface area contributed by atoms with Crippen LogP contribution in [0.3, 0.4) is 0 Å². The maximum atomic E-state index is 11.4. The molecule has 4 nitrogen and oxygen atoms in total. The van der Waals surface area contributed by atoms with Gasteiger partial charge in [0.15, 0.2) is 0 Å². The van der Waals surface area contributed by atoms with Gasteiger partial charge < -0.3 is 15.0 Å². The van der Waals surface area contributed by atoms with Crippen LogP contribution >= 0.6 is 11.6 Å². The van der Waals surface area contributed by atoms with Crippen molar-refractivity contribution < 1.29 is 9.53 Å². The zero-order chi connectivity index (χ0) is 11.1. The lowest BCUT2D eigenvalue weighted by molar-refractivity contribution is 0.0940. The number of hydrogen-bond donors (Lipinski definition) is 2. The lowest BCUT2D eigenvalue weighted by atomic mass is 10.4. The zero-order valence-corrected chi connectivity index (χ0v) is 9.43. The molecule has 0 aliphatic carbocycles. The molecule has 0 bridgehead atoms. The van der Waals surface area contributed by atoms with E-state index in [0.29, 0.717) is 30.5 Å². The Morgan fingerprint density at radius 1 is 1.67 bits per heavy atom. The molecule has 1 amide bonds. The van der Waals surface area contributed by atoms with E-state index in [2.05, 4.69) is 10.3 Å². The number of halogens is 1. The Kier molecular flexibility index (Phi) is 5.21. The lowest BCUT2D eigenvalue weighted by Gasteiger charge is -2.03. The van der Waals surface area contributed by atoms with Crippen LogP contribution < -0.4 is 5.32 Å². The Bertz CT molecular complexity index is 312. The van der Waals surface area contributed by atoms with Crippen LogP contribution in [0.5, 0.6) is 0 Å². The van der Waals surface area contributed by atoms with Crippen molar-refractivity contribution in [2.75, 3.05) is 19.8 Å². The lowest BCUT2D eigenvalue weighted by Crippen LogP contribution is -2.25. The van der Waals surface area contributed by atoms with Gasteiger partial charge in [0, 0.05) is 26.0 Å². The van der Waals surface area contributed by atoms with Crippen molar-refractivity contribution in [2.24, 2.45) is 0 Å². The molecule has 1 aromatic heterocycles. The highest BCUT2D eigenvalue weighted by Gasteiger charge is 2.06. The maximum absolute atomic E-state index is 11.4. The van der Waals surface area contributed by atoms with Gasteiger partial charge in [-0.2, -0.15) is 0 Å². The predicted octanol–water partition coefficient (Wildman–Crippen LogP) is 1.82. The topological polar surface area (TPSA) is 54.1 Å². The number of carbonyl (C=O) groups is 1. The monoisotopic (exact) mass is 230 g/mol. The third-order valence-electron chi connectivity index (χ3n) is 1.85. The van der Waals surface area contributed by atoms with Crippen molar-refractivity contribution in [1.29, 1.82) is 0 Å². The molecule has 2 N–H and O–H groups in total. The van der Waals surface area contributed by atoms with Gasteiger partial charge in [0.05, 0.1) is 5.02 Å². The van der Waals surface area contributed by atoms with Crippen molar-refractivity contribution >= 4 is 17.5 Å². The minimum atomic E-state index is -0.140. The van der Waals surface area contributed by atoms with E-state index in [-0.39, 0.29) is 5.91 Å². The second kappa shape index (κ2) is 6.48. The Balaban J connectivity index is 2.19. The molecule has 0 saturated heterocycles. The summed E-state index contributed by atoms with van der Waals surface area (Å²) < 4.78 is 5.14. The number of aromatic amines is 1. The van der Waals surface area contributed by atoms with Crippen LogP contribution in [-0.4, -0.2) is 30.6 Å². The smallest absolute Gasteiger partial charge is 0.267 e. The van der Waals surface area contributed by atoms with E-state index in [1.54, 1.807) is 12.3 Å². The first-order valence-electron chi connectivity index (χ1n) is 4.94. The molecule has 15 heavy (non-hydrogen) atoms. The molecule has 0 atom stereocenters. The molecule has 0 radical (unpaired) electrons. The minimum Gasteiger partial charge on any atom is -0.382 e. The second-order valence-corrected chi connectivity index (χ2v) is 3.47. The van der Waals surface area contributed by atoms with Gasteiger partial charge in [-0.25, -0.2) is 0 Å². The SMILES string of the molecule is CCOCCCNC(=O)c1cc(Cl)c[nH]1. The van der Waals surface area contributed by atoms with E-state index in [1.807, 2.05) is 6.92 Å². The largest absolute Gasteiger partial charge is 0.382 e. The highest BCUT2D eigenvalue weighted by Crippen LogP contribution is 2.08. The number of aromatic nitrogens is 1. The second-order valence-electron chi connectivity index (χ2n) is 3.04. The molecule has 0 aromatic carbocycles. The zero-order valence-electron chi connectivity index (χ0n) is 8.68. The summed E-state index contributed by atoms with van der Waals surface area (Å²) in [7, 11) is 0. The first-order valence-corrected chi connectivity index (χ1v) is 5.31. The van der Waals surface area contributed by atoms with Crippen LogP contribution in [0.25, 0.3) is 0 Å². The molecule has 0 aliphatic heterocycles. The highest BCUT2D eigenvalue weighted by molar-refractivity contribution is 6.30. The van der Waals surface area contributed by atoms with Crippen LogP contribution in [0.2, 0.25) is 5.02 Å². The first-order chi connectivity index (χ1) is 7.24. The van der Waals surface area contributed by atoms with Gasteiger partial charge in [0.25, 0.3) is 5.91 Å². The summed E-state index contributed by atoms with van der Waals surface area (Å²) in [6.45, 7) is 3.93. The molecule has 84 valence electrons. The van der Waals surface area contributed by atoms with Crippen molar-refractivity contribution in [2.45, 2.75) is 13.3 Å². The minimum absolute atomic E-state index is 0.140. The molecule has 1 heterocycles. The fourth-order valence-electron chi connectivity index (χ4n) is 1.11. The summed E-state index contributed by atoms with van der Waals surface area (Å²) in [6, 6.07) is 1.60. The summed E-state index contributed by atoms with van der Waals surface area (Å²) in [5.41, 5.74) is 0.483. The molecule has 1 rings (SSSR count). The van der Waals surface area contributed by atoms with Crippen LogP contribution in [0, 0.1) is 0 Å². The van der Waals surface area contributed by atoms with E-state index in [0.717, 1.165) is 6.42 Å². The molecule has 0 spiro atoms. The summed E-state index contributed by atoms with van der Waals surface area (Å²) in [6.07, 6.45) is 2.39. The van der Waals surface area contributed by atoms with Crippen molar-refractivity contribution in [3.8, 4) is 0 Å². The summed E-state index contributed by atoms with van der Waals surface area (Å²) >= 11 is 5.68. The average Bonchev–Trinajstić information content (AvgIpc) is 2.64. The Morgan fingerprint density at radius 2 is 2.47 bits per heavy atom. The molecular weight excluding hydrogens is 216 g/mol. The van der Waals surface area contributed by atoms with E-state index in [4.69, 9.17) is 16.3 Å². The summed E-state index contributed by atoms with van der Waals surface area (Å²) in [5, 5.41) is 3.30. The predicted molar refractivity (Wildman–Crippen MR) is 59.2 cm³/mol. The van der Waals surface area contributed by atoms with Crippen molar-refractivity contribution in [1.82, 2.24) is 10.3 Å². The number of hydrogen-bond acceptors (Lipinski definition) is 2. The van der Waals surface area contributed by atoms with Gasteiger partial charge in [-0.3, -0.25) is 4.79 Å². The number of H-pyrrole nitrogens is 1. The van der Waals surface area contributed by atoms with Crippen molar-refractivity contribution in [3.63, 3.8) is 0 Å². The third kappa shape index (κ3) is 4.36. The number of nitrogens with one attached hydrogen (secondary N) is 2. The summed E-state index contributed by atoms with van der Waals surface area (Å²) in [5.74, 6) is -0.140. The first kappa shape index (κ1) is 12.1. The van der Waals surface area contributed by atoms with E-state index in [9.17, 15) is 4.79 Å². The Hall–Kier alpha value is -1.00. The van der Waals surface area contributed by atoms with Gasteiger partial charge in [0.2, 0.25) is 0 Å². The van der Waals surface area contributed by atoms with E-state index >= 15 is 0 Å². The van der Waals surface area contributed by atoms with Crippen LogP contribution in [0.15, 0.2) is 12.3 Å². The normalized spacial score (nSPS) is 10.3. The van der Waals surface area contributed by atoms with E-state index in [1.165, 1.54) is 0 Å². The number of rotatable bonds is 6. The molecule has 0 aliphatic rings. The maximum Gasteiger partial charge on any atom is 0.267 e. The highest BCUT2D eigenvalue weighted by atomic mass is 35.5. The number of carbonyl (C=O) groups excluding carboxylic acids is 1. The van der Waals surface area contributed by atoms with Crippen LogP contribution in [-0.2, 0) is 4.74 Å². The number of amides is 1. The molecular formula is C10H15ClN2O2. The molecule has 0 fully saturated rings. The van der Waals surface area contributed by atoms with Gasteiger partial charge in [-0.15, -0.1) is 0 Å². The average molecular weight is 231 g/mol. The van der Waals surface area contributed by atoms with Crippen LogP contribution in [0.4, 0.5) is 0 Å². The molecule has 5 heteroatoms. The van der Waals surface area contributed by atoms with Gasteiger partial charge in [-0.05, 0) is 19.4 Å². The Labute approximate surface area is 94.0 Å². The molecule has 0 saturated carbocycles. The molecule has 1 aromatic rings. The number of ether oxygens (including phenoxy) is 1. The van der Waals surface area contributed by atoms with Gasteiger partial charge in [-0.1, -0.05) is 11.6 Å². The fraction of sp³-hybridized carbons (Fsp3) is 0.500. The Morgan fingerprint density at radius 3 is 3.07 bits per heavy atom.